The van der Waals surface area contributed by atoms with Crippen molar-refractivity contribution in [2.75, 3.05) is 0 Å². The normalized spacial score (nSPS) is 10.9. The van der Waals surface area contributed by atoms with Gasteiger partial charge in [-0.3, -0.25) is 0 Å². The topological polar surface area (TPSA) is 16.8 Å². The number of aromatic nitrogens is 2. The molecule has 0 unspecified atom stereocenters. The van der Waals surface area contributed by atoms with Crippen molar-refractivity contribution in [3.63, 3.8) is 0 Å². The molecule has 0 aliphatic rings. The van der Waals surface area contributed by atoms with Crippen LogP contribution in [0, 0.1) is 0 Å². The third-order valence-corrected chi connectivity index (χ3v) is 4.16. The molecule has 0 aliphatic heterocycles. The van der Waals surface area contributed by atoms with Crippen molar-refractivity contribution in [1.29, 1.82) is 0 Å². The van der Waals surface area contributed by atoms with Crippen LogP contribution in [0.25, 0.3) is 21.8 Å². The van der Waals surface area contributed by atoms with Crippen molar-refractivity contribution in [3.05, 3.63) is 60.2 Å². The summed E-state index contributed by atoms with van der Waals surface area (Å²) in [6, 6.07) is 15.1. The fourth-order valence-electron chi connectivity index (χ4n) is 2.07. The molecule has 0 spiro atoms. The summed E-state index contributed by atoms with van der Waals surface area (Å²) < 4.78 is 2.19. The lowest BCUT2D eigenvalue weighted by Gasteiger charge is -2.00. The number of nitrogens with zero attached hydrogens (tertiary/aromatic N) is 2. The van der Waals surface area contributed by atoms with Crippen LogP contribution in [-0.2, 0) is 0 Å². The minimum Gasteiger partial charge on any atom is -0.236 e. The molecule has 0 bridgehead atoms. The summed E-state index contributed by atoms with van der Waals surface area (Å²) in [6.07, 6.45) is 4.23. The standard InChI is InChI=1S/C17H17N2S/c1-13(2)19-10-8-15(9-11-19)17-18-16(12-20-17)14-6-4-3-5-7-14/h3-13H,1-2H3/q+1. The van der Waals surface area contributed by atoms with Gasteiger partial charge in [0.2, 0.25) is 0 Å². The zero-order valence-corrected chi connectivity index (χ0v) is 12.5. The Bertz CT molecular complexity index is 685. The molecule has 0 radical (unpaired) electrons. The molecule has 0 saturated carbocycles. The van der Waals surface area contributed by atoms with E-state index in [-0.39, 0.29) is 0 Å². The Hall–Kier alpha value is -2.00. The van der Waals surface area contributed by atoms with E-state index in [4.69, 9.17) is 4.98 Å². The van der Waals surface area contributed by atoms with Gasteiger partial charge >= 0.3 is 0 Å². The molecule has 0 N–H and O–H groups in total. The highest BCUT2D eigenvalue weighted by Crippen LogP contribution is 2.28. The summed E-state index contributed by atoms with van der Waals surface area (Å²) >= 11 is 1.69. The van der Waals surface area contributed by atoms with Crippen LogP contribution < -0.4 is 4.57 Å². The summed E-state index contributed by atoms with van der Waals surface area (Å²) in [6.45, 7) is 4.35. The van der Waals surface area contributed by atoms with E-state index in [0.717, 1.165) is 10.7 Å². The van der Waals surface area contributed by atoms with E-state index in [2.05, 4.69) is 60.5 Å². The molecule has 0 amide bonds. The smallest absolute Gasteiger partial charge is 0.169 e. The lowest BCUT2D eigenvalue weighted by Crippen LogP contribution is -2.34. The highest BCUT2D eigenvalue weighted by atomic mass is 32.1. The zero-order valence-electron chi connectivity index (χ0n) is 11.7. The summed E-state index contributed by atoms with van der Waals surface area (Å²) in [4.78, 5) is 4.73. The summed E-state index contributed by atoms with van der Waals surface area (Å²) in [5.74, 6) is 0. The van der Waals surface area contributed by atoms with Gasteiger partial charge in [-0.2, -0.15) is 0 Å². The van der Waals surface area contributed by atoms with Gasteiger partial charge in [0.25, 0.3) is 0 Å². The highest BCUT2D eigenvalue weighted by Gasteiger charge is 2.09. The monoisotopic (exact) mass is 281 g/mol. The van der Waals surface area contributed by atoms with Crippen molar-refractivity contribution in [2.45, 2.75) is 19.9 Å². The molecule has 2 aromatic heterocycles. The molecule has 0 saturated heterocycles. The van der Waals surface area contributed by atoms with Crippen molar-refractivity contribution < 1.29 is 4.57 Å². The molecule has 20 heavy (non-hydrogen) atoms. The molecule has 3 aromatic rings. The van der Waals surface area contributed by atoms with E-state index in [9.17, 15) is 0 Å². The summed E-state index contributed by atoms with van der Waals surface area (Å²) in [5.41, 5.74) is 3.39. The minimum absolute atomic E-state index is 0.486. The maximum absolute atomic E-state index is 4.73. The van der Waals surface area contributed by atoms with Crippen LogP contribution in [-0.4, -0.2) is 4.98 Å². The number of thiazole rings is 1. The van der Waals surface area contributed by atoms with Gasteiger partial charge in [0, 0.05) is 28.6 Å². The van der Waals surface area contributed by atoms with E-state index in [1.54, 1.807) is 11.3 Å². The minimum atomic E-state index is 0.486. The van der Waals surface area contributed by atoms with Crippen LogP contribution in [0.2, 0.25) is 0 Å². The number of benzene rings is 1. The van der Waals surface area contributed by atoms with Crippen LogP contribution in [0.4, 0.5) is 0 Å². The third-order valence-electron chi connectivity index (χ3n) is 3.27. The van der Waals surface area contributed by atoms with E-state index in [1.807, 2.05) is 18.2 Å². The van der Waals surface area contributed by atoms with Crippen LogP contribution in [0.5, 0.6) is 0 Å². The Balaban J connectivity index is 1.90. The van der Waals surface area contributed by atoms with Crippen LogP contribution in [0.1, 0.15) is 19.9 Å². The Morgan fingerprint density at radius 3 is 2.30 bits per heavy atom. The number of pyridine rings is 1. The van der Waals surface area contributed by atoms with Gasteiger partial charge in [0.05, 0.1) is 5.69 Å². The first-order valence-electron chi connectivity index (χ1n) is 6.76. The first kappa shape index (κ1) is 13.0. The number of hydrogen-bond acceptors (Lipinski definition) is 2. The Kier molecular flexibility index (Phi) is 3.61. The van der Waals surface area contributed by atoms with Crippen molar-refractivity contribution in [2.24, 2.45) is 0 Å². The number of rotatable bonds is 3. The third kappa shape index (κ3) is 2.63. The van der Waals surface area contributed by atoms with E-state index in [1.165, 1.54) is 11.1 Å². The van der Waals surface area contributed by atoms with Gasteiger partial charge in [-0.05, 0) is 13.8 Å². The van der Waals surface area contributed by atoms with E-state index >= 15 is 0 Å². The summed E-state index contributed by atoms with van der Waals surface area (Å²) in [5, 5.41) is 3.19. The molecule has 2 heterocycles. The van der Waals surface area contributed by atoms with Crippen molar-refractivity contribution in [3.8, 4) is 21.8 Å². The largest absolute Gasteiger partial charge is 0.236 e. The molecule has 0 fully saturated rings. The maximum atomic E-state index is 4.73. The Morgan fingerprint density at radius 1 is 0.950 bits per heavy atom. The molecular formula is C17H17N2S+. The van der Waals surface area contributed by atoms with Crippen LogP contribution in [0.15, 0.2) is 60.2 Å². The fraction of sp³-hybridized carbons (Fsp3) is 0.176. The van der Waals surface area contributed by atoms with Gasteiger partial charge in [-0.25, -0.2) is 9.55 Å². The van der Waals surface area contributed by atoms with Gasteiger partial charge in [-0.1, -0.05) is 30.3 Å². The fourth-order valence-corrected chi connectivity index (χ4v) is 2.91. The van der Waals surface area contributed by atoms with E-state index < -0.39 is 0 Å². The second-order valence-electron chi connectivity index (χ2n) is 5.03. The average molecular weight is 281 g/mol. The van der Waals surface area contributed by atoms with Gasteiger partial charge < -0.3 is 0 Å². The van der Waals surface area contributed by atoms with Gasteiger partial charge in [0.15, 0.2) is 18.4 Å². The molecule has 0 aliphatic carbocycles. The second-order valence-corrected chi connectivity index (χ2v) is 5.89. The molecule has 2 nitrogen and oxygen atoms in total. The lowest BCUT2D eigenvalue weighted by molar-refractivity contribution is -0.716. The molecular weight excluding hydrogens is 264 g/mol. The molecule has 1 aromatic carbocycles. The second kappa shape index (κ2) is 5.55. The van der Waals surface area contributed by atoms with Gasteiger partial charge in [0.1, 0.15) is 5.01 Å². The van der Waals surface area contributed by atoms with Crippen LogP contribution >= 0.6 is 11.3 Å². The number of hydrogen-bond donors (Lipinski definition) is 0. The van der Waals surface area contributed by atoms with Gasteiger partial charge in [-0.15, -0.1) is 11.3 Å². The maximum Gasteiger partial charge on any atom is 0.169 e. The first-order valence-corrected chi connectivity index (χ1v) is 7.64. The molecule has 3 rings (SSSR count). The predicted molar refractivity (Wildman–Crippen MR) is 83.6 cm³/mol. The summed E-state index contributed by atoms with van der Waals surface area (Å²) in [7, 11) is 0. The molecule has 0 atom stereocenters. The Morgan fingerprint density at radius 2 is 1.65 bits per heavy atom. The first-order chi connectivity index (χ1) is 9.74. The zero-order chi connectivity index (χ0) is 13.9. The predicted octanol–water partition coefficient (Wildman–Crippen LogP) is 4.35. The van der Waals surface area contributed by atoms with Crippen LogP contribution in [0.3, 0.4) is 0 Å². The van der Waals surface area contributed by atoms with Crippen molar-refractivity contribution in [1.82, 2.24) is 4.98 Å². The van der Waals surface area contributed by atoms with Crippen molar-refractivity contribution >= 4 is 11.3 Å². The van der Waals surface area contributed by atoms with E-state index in [0.29, 0.717) is 6.04 Å². The molecule has 3 heteroatoms. The SMILES string of the molecule is CC(C)[n+]1ccc(-c2nc(-c3ccccc3)cs2)cc1. The quantitative estimate of drug-likeness (QED) is 0.652. The Labute approximate surface area is 123 Å². The lowest BCUT2D eigenvalue weighted by atomic mass is 10.2. The average Bonchev–Trinajstić information content (AvgIpc) is 2.98. The highest BCUT2D eigenvalue weighted by molar-refractivity contribution is 7.13. The molecule has 100 valence electrons.